The number of carbonyl (C=O) groups excluding carboxylic acids is 1. The number of amides is 1. The van der Waals surface area contributed by atoms with Crippen LogP contribution in [0.1, 0.15) is 10.4 Å². The number of hydrogen-bond acceptors (Lipinski definition) is 7. The summed E-state index contributed by atoms with van der Waals surface area (Å²) in [4.78, 5) is 25.3. The minimum atomic E-state index is -0.732. The Hall–Kier alpha value is -4.53. The Morgan fingerprint density at radius 3 is 2.39 bits per heavy atom. The van der Waals surface area contributed by atoms with Crippen molar-refractivity contribution in [2.75, 3.05) is 24.8 Å². The predicted molar refractivity (Wildman–Crippen MR) is 122 cm³/mol. The molecule has 4 rings (SSSR count). The zero-order valence-corrected chi connectivity index (χ0v) is 17.9. The standard InChI is InChI=1S/C24H20FN5O3/c1-26-19-13-16(9-12-27-19)33-21-17(25)14-18(30-24(31)15-7-4-3-5-8-15)22(32-2)20(21)23-28-10-6-11-29-23/h3-14H,1-2H3,(H,26,27)(H,30,31). The lowest BCUT2D eigenvalue weighted by atomic mass is 10.1. The van der Waals surface area contributed by atoms with Gasteiger partial charge in [0.1, 0.15) is 17.1 Å². The molecule has 4 aromatic rings. The van der Waals surface area contributed by atoms with Gasteiger partial charge in [0.05, 0.1) is 12.8 Å². The Bertz CT molecular complexity index is 1270. The van der Waals surface area contributed by atoms with Gasteiger partial charge in [-0.25, -0.2) is 19.3 Å². The van der Waals surface area contributed by atoms with Gasteiger partial charge in [-0.15, -0.1) is 0 Å². The summed E-state index contributed by atoms with van der Waals surface area (Å²) in [7, 11) is 3.12. The maximum Gasteiger partial charge on any atom is 0.255 e. The number of nitrogens with zero attached hydrogens (tertiary/aromatic N) is 3. The van der Waals surface area contributed by atoms with Crippen molar-refractivity contribution in [1.29, 1.82) is 0 Å². The van der Waals surface area contributed by atoms with E-state index in [1.807, 2.05) is 0 Å². The van der Waals surface area contributed by atoms with Gasteiger partial charge >= 0.3 is 0 Å². The van der Waals surface area contributed by atoms with Gasteiger partial charge in [0.15, 0.2) is 23.1 Å². The number of hydrogen-bond donors (Lipinski definition) is 2. The third-order valence-corrected chi connectivity index (χ3v) is 4.67. The number of anilines is 2. The lowest BCUT2D eigenvalue weighted by Crippen LogP contribution is -2.13. The summed E-state index contributed by atoms with van der Waals surface area (Å²) >= 11 is 0. The molecule has 0 aliphatic carbocycles. The van der Waals surface area contributed by atoms with Crippen LogP contribution >= 0.6 is 0 Å². The van der Waals surface area contributed by atoms with Crippen LogP contribution in [0.15, 0.2) is 73.2 Å². The first-order valence-electron chi connectivity index (χ1n) is 9.96. The second-order valence-electron chi connectivity index (χ2n) is 6.76. The monoisotopic (exact) mass is 445 g/mol. The summed E-state index contributed by atoms with van der Waals surface area (Å²) in [5.41, 5.74) is 0.683. The second-order valence-corrected chi connectivity index (χ2v) is 6.76. The highest BCUT2D eigenvalue weighted by atomic mass is 19.1. The molecule has 0 aliphatic rings. The third-order valence-electron chi connectivity index (χ3n) is 4.67. The minimum absolute atomic E-state index is 0.115. The van der Waals surface area contributed by atoms with Crippen molar-refractivity contribution < 1.29 is 18.7 Å². The van der Waals surface area contributed by atoms with Crippen LogP contribution in [0.5, 0.6) is 17.2 Å². The zero-order valence-electron chi connectivity index (χ0n) is 17.9. The summed E-state index contributed by atoms with van der Waals surface area (Å²) in [6.07, 6.45) is 4.57. The van der Waals surface area contributed by atoms with Crippen molar-refractivity contribution in [3.63, 3.8) is 0 Å². The van der Waals surface area contributed by atoms with E-state index in [0.717, 1.165) is 6.07 Å². The fraction of sp³-hybridized carbons (Fsp3) is 0.0833. The largest absolute Gasteiger partial charge is 0.494 e. The smallest absolute Gasteiger partial charge is 0.255 e. The Kier molecular flexibility index (Phi) is 6.40. The van der Waals surface area contributed by atoms with Gasteiger partial charge in [-0.3, -0.25) is 4.79 Å². The third kappa shape index (κ3) is 4.72. The molecule has 2 N–H and O–H groups in total. The quantitative estimate of drug-likeness (QED) is 0.423. The van der Waals surface area contributed by atoms with E-state index in [2.05, 4.69) is 25.6 Å². The van der Waals surface area contributed by atoms with Crippen LogP contribution in [-0.2, 0) is 0 Å². The molecule has 0 radical (unpaired) electrons. The first-order chi connectivity index (χ1) is 16.1. The average Bonchev–Trinajstić information content (AvgIpc) is 2.86. The number of ether oxygens (including phenoxy) is 2. The molecule has 1 amide bonds. The highest BCUT2D eigenvalue weighted by Crippen LogP contribution is 2.45. The first kappa shape index (κ1) is 21.7. The maximum atomic E-state index is 15.4. The number of aromatic nitrogens is 3. The summed E-state index contributed by atoms with van der Waals surface area (Å²) in [5.74, 6) is -0.0902. The van der Waals surface area contributed by atoms with Crippen molar-refractivity contribution in [3.8, 4) is 28.6 Å². The Labute approximate surface area is 189 Å². The van der Waals surface area contributed by atoms with Gasteiger partial charge in [-0.1, -0.05) is 18.2 Å². The van der Waals surface area contributed by atoms with Gasteiger partial charge < -0.3 is 20.1 Å². The normalized spacial score (nSPS) is 10.4. The molecule has 166 valence electrons. The number of carbonyl (C=O) groups is 1. The number of pyridine rings is 1. The van der Waals surface area contributed by atoms with Gasteiger partial charge in [-0.2, -0.15) is 0 Å². The molecule has 9 heteroatoms. The molecule has 0 saturated heterocycles. The number of benzene rings is 2. The topological polar surface area (TPSA) is 98.3 Å². The number of rotatable bonds is 7. The lowest BCUT2D eigenvalue weighted by molar-refractivity contribution is 0.102. The molecule has 2 aromatic carbocycles. The summed E-state index contributed by atoms with van der Waals surface area (Å²) in [6, 6.07) is 14.6. The molecular formula is C24H20FN5O3. The number of methoxy groups -OCH3 is 1. The van der Waals surface area contributed by atoms with Crippen LogP contribution < -0.4 is 20.1 Å². The highest BCUT2D eigenvalue weighted by Gasteiger charge is 2.25. The van der Waals surface area contributed by atoms with Crippen LogP contribution in [0.3, 0.4) is 0 Å². The van der Waals surface area contributed by atoms with Crippen molar-refractivity contribution in [1.82, 2.24) is 15.0 Å². The molecule has 0 bridgehead atoms. The van der Waals surface area contributed by atoms with Gasteiger partial charge in [-0.05, 0) is 24.3 Å². The van der Waals surface area contributed by atoms with Crippen molar-refractivity contribution in [2.45, 2.75) is 0 Å². The molecule has 0 saturated carbocycles. The van der Waals surface area contributed by atoms with E-state index in [-0.39, 0.29) is 28.6 Å². The molecule has 33 heavy (non-hydrogen) atoms. The molecule has 0 unspecified atom stereocenters. The molecule has 2 aromatic heterocycles. The fourth-order valence-electron chi connectivity index (χ4n) is 3.16. The van der Waals surface area contributed by atoms with Crippen LogP contribution in [0.4, 0.5) is 15.9 Å². The Morgan fingerprint density at radius 2 is 1.70 bits per heavy atom. The summed E-state index contributed by atoms with van der Waals surface area (Å²) in [6.45, 7) is 0. The second kappa shape index (κ2) is 9.73. The van der Waals surface area contributed by atoms with E-state index in [9.17, 15) is 4.79 Å². The molecule has 0 spiro atoms. The van der Waals surface area contributed by atoms with Crippen LogP contribution in [0, 0.1) is 5.82 Å². The van der Waals surface area contributed by atoms with E-state index in [0.29, 0.717) is 17.1 Å². The molecule has 0 atom stereocenters. The first-order valence-corrected chi connectivity index (χ1v) is 9.96. The maximum absolute atomic E-state index is 15.4. The average molecular weight is 445 g/mol. The van der Waals surface area contributed by atoms with E-state index in [1.165, 1.54) is 25.7 Å². The Morgan fingerprint density at radius 1 is 0.939 bits per heavy atom. The van der Waals surface area contributed by atoms with Crippen LogP contribution in [-0.4, -0.2) is 35.0 Å². The van der Waals surface area contributed by atoms with Gasteiger partial charge in [0.25, 0.3) is 5.91 Å². The number of nitrogens with one attached hydrogen (secondary N) is 2. The SMILES string of the molecule is CNc1cc(Oc2c(F)cc(NC(=O)c3ccccc3)c(OC)c2-c2ncccn2)ccn1. The minimum Gasteiger partial charge on any atom is -0.494 e. The van der Waals surface area contributed by atoms with Crippen molar-refractivity contribution in [3.05, 3.63) is 84.6 Å². The molecule has 2 heterocycles. The summed E-state index contributed by atoms with van der Waals surface area (Å²) < 4.78 is 26.9. The van der Waals surface area contributed by atoms with Crippen LogP contribution in [0.2, 0.25) is 0 Å². The lowest BCUT2D eigenvalue weighted by Gasteiger charge is -2.18. The summed E-state index contributed by atoms with van der Waals surface area (Å²) in [5, 5.41) is 5.60. The van der Waals surface area contributed by atoms with Gasteiger partial charge in [0, 0.05) is 43.3 Å². The van der Waals surface area contributed by atoms with Crippen molar-refractivity contribution >= 4 is 17.4 Å². The van der Waals surface area contributed by atoms with E-state index in [1.54, 1.807) is 55.6 Å². The molecular weight excluding hydrogens is 425 g/mol. The van der Waals surface area contributed by atoms with Gasteiger partial charge in [0.2, 0.25) is 0 Å². The Balaban J connectivity index is 1.84. The van der Waals surface area contributed by atoms with Crippen molar-refractivity contribution in [2.24, 2.45) is 0 Å². The number of halogens is 1. The molecule has 0 aliphatic heterocycles. The van der Waals surface area contributed by atoms with E-state index >= 15 is 4.39 Å². The molecule has 8 nitrogen and oxygen atoms in total. The van der Waals surface area contributed by atoms with E-state index in [4.69, 9.17) is 9.47 Å². The van der Waals surface area contributed by atoms with Crippen LogP contribution in [0.25, 0.3) is 11.4 Å². The fourth-order valence-corrected chi connectivity index (χ4v) is 3.16. The zero-order chi connectivity index (χ0) is 23.2. The highest BCUT2D eigenvalue weighted by molar-refractivity contribution is 6.05. The van der Waals surface area contributed by atoms with E-state index < -0.39 is 11.7 Å². The predicted octanol–water partition coefficient (Wildman–Crippen LogP) is 4.77. The molecule has 0 fully saturated rings.